The third kappa shape index (κ3) is 1.30. The summed E-state index contributed by atoms with van der Waals surface area (Å²) >= 11 is 0. The van der Waals surface area contributed by atoms with Crippen LogP contribution >= 0.6 is 0 Å². The highest BCUT2D eigenvalue weighted by Crippen LogP contribution is 2.20. The first-order valence-electron chi connectivity index (χ1n) is 4.45. The summed E-state index contributed by atoms with van der Waals surface area (Å²) in [6.45, 7) is 2.08. The van der Waals surface area contributed by atoms with E-state index >= 15 is 0 Å². The topological polar surface area (TPSA) is 38.0 Å². The molecule has 0 bridgehead atoms. The maximum Gasteiger partial charge on any atom is 0.0349 e. The third-order valence-electron chi connectivity index (χ3n) is 2.41. The fraction of sp³-hybridized carbons (Fsp3) is 0.400. The van der Waals surface area contributed by atoms with Crippen LogP contribution in [0.25, 0.3) is 0 Å². The summed E-state index contributed by atoms with van der Waals surface area (Å²) in [6, 6.07) is 6.18. The van der Waals surface area contributed by atoms with Gasteiger partial charge in [0.2, 0.25) is 0 Å². The molecule has 1 heterocycles. The molecule has 0 saturated carbocycles. The van der Waals surface area contributed by atoms with E-state index in [1.54, 1.807) is 0 Å². The molecule has 0 fully saturated rings. The molecule has 1 aromatic carbocycles. The second-order valence-corrected chi connectivity index (χ2v) is 3.27. The highest BCUT2D eigenvalue weighted by molar-refractivity contribution is 5.51. The first-order valence-corrected chi connectivity index (χ1v) is 4.45. The van der Waals surface area contributed by atoms with Crippen LogP contribution in [0.3, 0.4) is 0 Å². The van der Waals surface area contributed by atoms with E-state index in [1.165, 1.54) is 17.5 Å². The van der Waals surface area contributed by atoms with Gasteiger partial charge in [-0.15, -0.1) is 0 Å². The number of nitrogens with one attached hydrogen (secondary N) is 1. The lowest BCUT2D eigenvalue weighted by Gasteiger charge is -2.07. The van der Waals surface area contributed by atoms with Crippen molar-refractivity contribution < 1.29 is 0 Å². The number of hydrogen-bond acceptors (Lipinski definition) is 2. The number of rotatable bonds is 0. The number of anilines is 1. The lowest BCUT2D eigenvalue weighted by atomic mass is 10.0. The Morgan fingerprint density at radius 3 is 3.17 bits per heavy atom. The Balaban J connectivity index is 2.42. The summed E-state index contributed by atoms with van der Waals surface area (Å²) in [5.41, 5.74) is 9.56. The van der Waals surface area contributed by atoms with Gasteiger partial charge in [0.25, 0.3) is 0 Å². The largest absolute Gasteiger partial charge is 0.398 e. The van der Waals surface area contributed by atoms with Crippen LogP contribution in [0, 0.1) is 0 Å². The maximum absolute atomic E-state index is 5.88. The van der Waals surface area contributed by atoms with Crippen LogP contribution in [-0.2, 0) is 13.0 Å². The fourth-order valence-corrected chi connectivity index (χ4v) is 1.74. The van der Waals surface area contributed by atoms with E-state index in [0.717, 1.165) is 25.2 Å². The molecule has 0 spiro atoms. The number of nitrogen functional groups attached to an aromatic ring is 1. The summed E-state index contributed by atoms with van der Waals surface area (Å²) in [5, 5.41) is 3.38. The summed E-state index contributed by atoms with van der Waals surface area (Å²) < 4.78 is 0. The summed E-state index contributed by atoms with van der Waals surface area (Å²) in [4.78, 5) is 0. The van der Waals surface area contributed by atoms with Crippen molar-refractivity contribution in [3.63, 3.8) is 0 Å². The van der Waals surface area contributed by atoms with Gasteiger partial charge in [-0.25, -0.2) is 0 Å². The molecule has 0 atom stereocenters. The number of benzene rings is 1. The monoisotopic (exact) mass is 162 g/mol. The standard InChI is InChI=1S/C10H14N2/c11-10-5-1-3-8-7-12-6-2-4-9(8)10/h1,3,5,12H,2,4,6-7,11H2. The van der Waals surface area contributed by atoms with E-state index in [2.05, 4.69) is 11.4 Å². The third-order valence-corrected chi connectivity index (χ3v) is 2.41. The average molecular weight is 162 g/mol. The zero-order valence-corrected chi connectivity index (χ0v) is 7.14. The molecule has 0 aliphatic carbocycles. The quantitative estimate of drug-likeness (QED) is 0.564. The van der Waals surface area contributed by atoms with Gasteiger partial charge >= 0.3 is 0 Å². The Kier molecular flexibility index (Phi) is 2.00. The summed E-state index contributed by atoms with van der Waals surface area (Å²) in [5.74, 6) is 0. The molecule has 0 saturated heterocycles. The lowest BCUT2D eigenvalue weighted by Crippen LogP contribution is -2.11. The molecule has 3 N–H and O–H groups in total. The van der Waals surface area contributed by atoms with Crippen molar-refractivity contribution in [2.75, 3.05) is 12.3 Å². The molecule has 0 amide bonds. The van der Waals surface area contributed by atoms with E-state index in [4.69, 9.17) is 5.73 Å². The Morgan fingerprint density at radius 2 is 2.25 bits per heavy atom. The van der Waals surface area contributed by atoms with Crippen molar-refractivity contribution >= 4 is 5.69 Å². The van der Waals surface area contributed by atoms with Gasteiger partial charge in [-0.1, -0.05) is 12.1 Å². The van der Waals surface area contributed by atoms with Crippen LogP contribution < -0.4 is 11.1 Å². The molecular weight excluding hydrogens is 148 g/mol. The maximum atomic E-state index is 5.88. The molecule has 1 aliphatic heterocycles. The summed E-state index contributed by atoms with van der Waals surface area (Å²) in [7, 11) is 0. The van der Waals surface area contributed by atoms with Gasteiger partial charge in [0, 0.05) is 12.2 Å². The number of nitrogens with two attached hydrogens (primary N) is 1. The molecule has 1 aliphatic rings. The van der Waals surface area contributed by atoms with Gasteiger partial charge in [0.1, 0.15) is 0 Å². The Hall–Kier alpha value is -1.02. The van der Waals surface area contributed by atoms with Crippen molar-refractivity contribution in [1.82, 2.24) is 5.32 Å². The molecule has 1 aromatic rings. The van der Waals surface area contributed by atoms with Crippen molar-refractivity contribution in [3.05, 3.63) is 29.3 Å². The minimum atomic E-state index is 0.955. The van der Waals surface area contributed by atoms with Crippen LogP contribution in [0.1, 0.15) is 17.5 Å². The molecule has 12 heavy (non-hydrogen) atoms. The molecule has 2 rings (SSSR count). The van der Waals surface area contributed by atoms with Gasteiger partial charge in [0.15, 0.2) is 0 Å². The zero-order chi connectivity index (χ0) is 8.39. The van der Waals surface area contributed by atoms with Crippen molar-refractivity contribution in [3.8, 4) is 0 Å². The molecule has 0 unspecified atom stereocenters. The van der Waals surface area contributed by atoms with E-state index in [-0.39, 0.29) is 0 Å². The van der Waals surface area contributed by atoms with E-state index in [9.17, 15) is 0 Å². The van der Waals surface area contributed by atoms with Gasteiger partial charge in [-0.3, -0.25) is 0 Å². The predicted molar refractivity (Wildman–Crippen MR) is 50.9 cm³/mol. The van der Waals surface area contributed by atoms with Crippen LogP contribution in [0.5, 0.6) is 0 Å². The predicted octanol–water partition coefficient (Wildman–Crippen LogP) is 1.30. The second-order valence-electron chi connectivity index (χ2n) is 3.27. The van der Waals surface area contributed by atoms with Crippen LogP contribution in [0.15, 0.2) is 18.2 Å². The van der Waals surface area contributed by atoms with Crippen LogP contribution in [0.2, 0.25) is 0 Å². The highest BCUT2D eigenvalue weighted by Gasteiger charge is 2.08. The van der Waals surface area contributed by atoms with Gasteiger partial charge < -0.3 is 11.1 Å². The Bertz CT molecular complexity index is 281. The van der Waals surface area contributed by atoms with Crippen molar-refractivity contribution in [2.45, 2.75) is 19.4 Å². The number of hydrogen-bond donors (Lipinski definition) is 2. The minimum Gasteiger partial charge on any atom is -0.398 e. The molecule has 0 aromatic heterocycles. The molecule has 0 radical (unpaired) electrons. The second kappa shape index (κ2) is 3.15. The van der Waals surface area contributed by atoms with E-state index in [0.29, 0.717) is 0 Å². The van der Waals surface area contributed by atoms with Gasteiger partial charge in [0.05, 0.1) is 0 Å². The molecule has 2 heteroatoms. The Labute approximate surface area is 72.8 Å². The molecular formula is C10H14N2. The van der Waals surface area contributed by atoms with Crippen LogP contribution in [0.4, 0.5) is 5.69 Å². The first kappa shape index (κ1) is 7.62. The lowest BCUT2D eigenvalue weighted by molar-refractivity contribution is 0.681. The normalized spacial score (nSPS) is 16.7. The highest BCUT2D eigenvalue weighted by atomic mass is 14.9. The average Bonchev–Trinajstić information content (AvgIpc) is 2.30. The molecule has 64 valence electrons. The van der Waals surface area contributed by atoms with E-state index < -0.39 is 0 Å². The van der Waals surface area contributed by atoms with Gasteiger partial charge in [-0.2, -0.15) is 0 Å². The van der Waals surface area contributed by atoms with Crippen molar-refractivity contribution in [1.29, 1.82) is 0 Å². The fourth-order valence-electron chi connectivity index (χ4n) is 1.74. The van der Waals surface area contributed by atoms with E-state index in [1.807, 2.05) is 12.1 Å². The SMILES string of the molecule is Nc1cccc2c1CCCNC2. The minimum absolute atomic E-state index is 0.955. The zero-order valence-electron chi connectivity index (χ0n) is 7.14. The van der Waals surface area contributed by atoms with Crippen molar-refractivity contribution in [2.24, 2.45) is 0 Å². The van der Waals surface area contributed by atoms with Gasteiger partial charge in [-0.05, 0) is 36.6 Å². The molecule has 2 nitrogen and oxygen atoms in total. The summed E-state index contributed by atoms with van der Waals surface area (Å²) in [6.07, 6.45) is 2.32. The number of fused-ring (bicyclic) bond motifs is 1. The smallest absolute Gasteiger partial charge is 0.0349 e. The Morgan fingerprint density at radius 1 is 1.33 bits per heavy atom. The first-order chi connectivity index (χ1) is 5.88. The van der Waals surface area contributed by atoms with Crippen LogP contribution in [-0.4, -0.2) is 6.54 Å².